The molecule has 0 bridgehead atoms. The van der Waals surface area contributed by atoms with Crippen molar-refractivity contribution in [2.24, 2.45) is 5.84 Å². The van der Waals surface area contributed by atoms with Crippen LogP contribution in [0.15, 0.2) is 22.8 Å². The Labute approximate surface area is 138 Å². The van der Waals surface area contributed by atoms with Crippen molar-refractivity contribution in [1.29, 1.82) is 0 Å². The van der Waals surface area contributed by atoms with Crippen molar-refractivity contribution in [2.45, 2.75) is 39.8 Å². The topological polar surface area (TPSA) is 55.9 Å². The summed E-state index contributed by atoms with van der Waals surface area (Å²) in [5.74, 6) is 5.81. The summed E-state index contributed by atoms with van der Waals surface area (Å²) in [7, 11) is 0. The van der Waals surface area contributed by atoms with Gasteiger partial charge in [-0.05, 0) is 37.0 Å². The van der Waals surface area contributed by atoms with Crippen LogP contribution in [0.3, 0.4) is 0 Å². The van der Waals surface area contributed by atoms with E-state index < -0.39 is 0 Å². The number of aromatic nitrogens is 2. The van der Waals surface area contributed by atoms with Gasteiger partial charge in [0.1, 0.15) is 0 Å². The molecule has 0 radical (unpaired) electrons. The normalized spacial score (nSPS) is 12.7. The van der Waals surface area contributed by atoms with Crippen LogP contribution in [0, 0.1) is 13.8 Å². The molecule has 1 heterocycles. The number of benzene rings is 1. The molecular formula is C15H20BrClN4. The first kappa shape index (κ1) is 16.5. The van der Waals surface area contributed by atoms with E-state index in [4.69, 9.17) is 17.4 Å². The molecule has 0 fully saturated rings. The van der Waals surface area contributed by atoms with Crippen LogP contribution in [0.4, 0.5) is 0 Å². The Bertz CT molecular complexity index is 616. The molecule has 114 valence electrons. The van der Waals surface area contributed by atoms with Crippen LogP contribution in [-0.4, -0.2) is 9.78 Å². The van der Waals surface area contributed by atoms with Crippen molar-refractivity contribution in [2.75, 3.05) is 0 Å². The number of aryl methyl sites for hydroxylation is 3. The Kier molecular flexibility index (Phi) is 5.43. The first-order chi connectivity index (χ1) is 9.99. The first-order valence-corrected chi connectivity index (χ1v) is 8.10. The van der Waals surface area contributed by atoms with Crippen LogP contribution in [0.2, 0.25) is 5.02 Å². The number of nitrogens with one attached hydrogen (secondary N) is 1. The number of hydrazine groups is 1. The molecule has 2 aromatic rings. The van der Waals surface area contributed by atoms with E-state index in [-0.39, 0.29) is 6.04 Å². The summed E-state index contributed by atoms with van der Waals surface area (Å²) >= 11 is 9.92. The molecule has 1 aromatic heterocycles. The highest BCUT2D eigenvalue weighted by Crippen LogP contribution is 2.31. The molecule has 1 unspecified atom stereocenters. The average molecular weight is 372 g/mol. The Hall–Kier alpha value is -0.880. The first-order valence-electron chi connectivity index (χ1n) is 6.93. The van der Waals surface area contributed by atoms with Crippen molar-refractivity contribution in [1.82, 2.24) is 15.2 Å². The van der Waals surface area contributed by atoms with E-state index in [9.17, 15) is 0 Å². The Morgan fingerprint density at radius 1 is 1.38 bits per heavy atom. The second-order valence-electron chi connectivity index (χ2n) is 5.17. The van der Waals surface area contributed by atoms with E-state index in [1.807, 2.05) is 4.68 Å². The van der Waals surface area contributed by atoms with Crippen LogP contribution in [-0.2, 0) is 6.54 Å². The Morgan fingerprint density at radius 2 is 2.00 bits per heavy atom. The van der Waals surface area contributed by atoms with E-state index in [1.54, 1.807) is 6.20 Å². The van der Waals surface area contributed by atoms with Crippen LogP contribution < -0.4 is 11.3 Å². The lowest BCUT2D eigenvalue weighted by atomic mass is 9.99. The highest BCUT2D eigenvalue weighted by molar-refractivity contribution is 9.10. The van der Waals surface area contributed by atoms with Gasteiger partial charge in [0.2, 0.25) is 0 Å². The van der Waals surface area contributed by atoms with Crippen LogP contribution in [0.5, 0.6) is 0 Å². The second kappa shape index (κ2) is 6.92. The third kappa shape index (κ3) is 3.31. The van der Waals surface area contributed by atoms with Gasteiger partial charge in [0.15, 0.2) is 0 Å². The largest absolute Gasteiger partial charge is 0.271 e. The van der Waals surface area contributed by atoms with Gasteiger partial charge >= 0.3 is 0 Å². The quantitative estimate of drug-likeness (QED) is 0.619. The summed E-state index contributed by atoms with van der Waals surface area (Å²) in [6.45, 7) is 7.06. The van der Waals surface area contributed by atoms with Gasteiger partial charge in [-0.3, -0.25) is 10.5 Å². The van der Waals surface area contributed by atoms with Crippen LogP contribution in [0.1, 0.15) is 41.8 Å². The summed E-state index contributed by atoms with van der Waals surface area (Å²) < 4.78 is 3.04. The maximum absolute atomic E-state index is 6.33. The van der Waals surface area contributed by atoms with Gasteiger partial charge in [0.05, 0.1) is 23.0 Å². The van der Waals surface area contributed by atoms with Crippen LogP contribution >= 0.6 is 27.5 Å². The summed E-state index contributed by atoms with van der Waals surface area (Å²) in [6.07, 6.45) is 2.66. The summed E-state index contributed by atoms with van der Waals surface area (Å²) in [5.41, 5.74) is 7.20. The fourth-order valence-electron chi connectivity index (χ4n) is 2.53. The molecule has 0 aliphatic heterocycles. The standard InChI is InChI=1S/C15H20BrClN4/c1-4-5-21-15(12(17)8-19-21)14(20-18)11-6-9(2)13(16)10(3)7-11/h6-8,14,20H,4-5,18H2,1-3H3. The molecule has 6 heteroatoms. The minimum absolute atomic E-state index is 0.183. The maximum Gasteiger partial charge on any atom is 0.0893 e. The molecule has 0 spiro atoms. The molecule has 21 heavy (non-hydrogen) atoms. The highest BCUT2D eigenvalue weighted by atomic mass is 79.9. The molecule has 0 saturated heterocycles. The third-order valence-electron chi connectivity index (χ3n) is 3.50. The molecule has 1 aromatic carbocycles. The average Bonchev–Trinajstić information content (AvgIpc) is 2.79. The van der Waals surface area contributed by atoms with Gasteiger partial charge in [-0.1, -0.05) is 46.6 Å². The number of rotatable bonds is 5. The molecule has 2 rings (SSSR count). The summed E-state index contributed by atoms with van der Waals surface area (Å²) in [5, 5.41) is 4.97. The SMILES string of the molecule is CCCn1ncc(Cl)c1C(NN)c1cc(C)c(Br)c(C)c1. The Morgan fingerprint density at radius 3 is 2.52 bits per heavy atom. The van der Waals surface area contributed by atoms with Gasteiger partial charge in [0.25, 0.3) is 0 Å². The number of hydrogen-bond acceptors (Lipinski definition) is 3. The fraction of sp³-hybridized carbons (Fsp3) is 0.400. The number of nitrogens with zero attached hydrogens (tertiary/aromatic N) is 2. The Balaban J connectivity index is 2.52. The monoisotopic (exact) mass is 370 g/mol. The van der Waals surface area contributed by atoms with Crippen molar-refractivity contribution < 1.29 is 0 Å². The van der Waals surface area contributed by atoms with E-state index in [0.717, 1.165) is 28.7 Å². The third-order valence-corrected chi connectivity index (χ3v) is 5.04. The zero-order valence-corrected chi connectivity index (χ0v) is 14.8. The number of hydrogen-bond donors (Lipinski definition) is 2. The van der Waals surface area contributed by atoms with E-state index >= 15 is 0 Å². The van der Waals surface area contributed by atoms with Crippen molar-refractivity contribution in [3.8, 4) is 0 Å². The van der Waals surface area contributed by atoms with Crippen LogP contribution in [0.25, 0.3) is 0 Å². The fourth-order valence-corrected chi connectivity index (χ4v) is 3.01. The minimum Gasteiger partial charge on any atom is -0.271 e. The lowest BCUT2D eigenvalue weighted by Gasteiger charge is -2.20. The van der Waals surface area contributed by atoms with Gasteiger partial charge in [-0.15, -0.1) is 0 Å². The highest BCUT2D eigenvalue weighted by Gasteiger charge is 2.22. The summed E-state index contributed by atoms with van der Waals surface area (Å²) in [6, 6.07) is 4.04. The smallest absolute Gasteiger partial charge is 0.0893 e. The molecule has 0 aliphatic rings. The van der Waals surface area contributed by atoms with E-state index in [2.05, 4.69) is 59.4 Å². The lowest BCUT2D eigenvalue weighted by Crippen LogP contribution is -2.31. The van der Waals surface area contributed by atoms with Gasteiger partial charge in [-0.25, -0.2) is 5.43 Å². The van der Waals surface area contributed by atoms with Crippen molar-refractivity contribution in [3.05, 3.63) is 50.2 Å². The predicted octanol–water partition coefficient (Wildman–Crippen LogP) is 3.88. The molecule has 0 amide bonds. The molecule has 3 N–H and O–H groups in total. The number of halogens is 2. The molecule has 4 nitrogen and oxygen atoms in total. The summed E-state index contributed by atoms with van der Waals surface area (Å²) in [4.78, 5) is 0. The van der Waals surface area contributed by atoms with E-state index in [1.165, 1.54) is 11.1 Å². The molecule has 0 saturated carbocycles. The zero-order valence-electron chi connectivity index (χ0n) is 12.5. The minimum atomic E-state index is -0.183. The maximum atomic E-state index is 6.33. The van der Waals surface area contributed by atoms with E-state index in [0.29, 0.717) is 5.02 Å². The molecule has 1 atom stereocenters. The number of nitrogens with two attached hydrogens (primary N) is 1. The molecule has 0 aliphatic carbocycles. The van der Waals surface area contributed by atoms with Gasteiger partial charge in [0, 0.05) is 11.0 Å². The molecular weight excluding hydrogens is 352 g/mol. The predicted molar refractivity (Wildman–Crippen MR) is 90.3 cm³/mol. The van der Waals surface area contributed by atoms with Gasteiger partial charge < -0.3 is 0 Å². The lowest BCUT2D eigenvalue weighted by molar-refractivity contribution is 0.521. The van der Waals surface area contributed by atoms with Gasteiger partial charge in [-0.2, -0.15) is 5.10 Å². The van der Waals surface area contributed by atoms with Crippen molar-refractivity contribution in [3.63, 3.8) is 0 Å². The second-order valence-corrected chi connectivity index (χ2v) is 6.37. The van der Waals surface area contributed by atoms with Crippen molar-refractivity contribution >= 4 is 27.5 Å². The zero-order chi connectivity index (χ0) is 15.6.